The minimum Gasteiger partial charge on any atom is -0.477 e. The van der Waals surface area contributed by atoms with Crippen LogP contribution in [0.25, 0.3) is 0 Å². The van der Waals surface area contributed by atoms with Crippen LogP contribution in [-0.2, 0) is 11.8 Å². The predicted molar refractivity (Wildman–Crippen MR) is 75.5 cm³/mol. The molecular formula is C15H14N2O3. The Morgan fingerprint density at radius 3 is 2.40 bits per heavy atom. The molecule has 2 rings (SSSR count). The fraction of sp³-hybridized carbons (Fsp3) is 0.0667. The number of hydrogen-bond donors (Lipinski definition) is 2. The zero-order valence-electron chi connectivity index (χ0n) is 10.9. The van der Waals surface area contributed by atoms with Gasteiger partial charge in [0.25, 0.3) is 0 Å². The number of carbonyl (C=O) groups excluding carboxylic acids is 1. The van der Waals surface area contributed by atoms with Crippen LogP contribution in [0.2, 0.25) is 0 Å². The van der Waals surface area contributed by atoms with Crippen LogP contribution in [0, 0.1) is 0 Å². The van der Waals surface area contributed by atoms with E-state index in [0.717, 1.165) is 0 Å². The Bertz CT molecular complexity index is 657. The lowest BCUT2D eigenvalue weighted by Crippen LogP contribution is -2.16. The first kappa shape index (κ1) is 13.6. The smallest absolute Gasteiger partial charge is 0.341 e. The summed E-state index contributed by atoms with van der Waals surface area (Å²) in [5, 5.41) is 12.0. The lowest BCUT2D eigenvalue weighted by atomic mass is 10.1. The summed E-state index contributed by atoms with van der Waals surface area (Å²) in [5.41, 5.74) is 0.732. The van der Waals surface area contributed by atoms with E-state index in [4.69, 9.17) is 0 Å². The molecule has 1 aromatic heterocycles. The summed E-state index contributed by atoms with van der Waals surface area (Å²) in [4.78, 5) is 23.4. The third-order valence-corrected chi connectivity index (χ3v) is 2.81. The van der Waals surface area contributed by atoms with Crippen molar-refractivity contribution in [3.05, 3.63) is 66.1 Å². The Labute approximate surface area is 116 Å². The van der Waals surface area contributed by atoms with Gasteiger partial charge in [0.15, 0.2) is 0 Å². The van der Waals surface area contributed by atoms with Gasteiger partial charge < -0.3 is 15.0 Å². The molecule has 0 bridgehead atoms. The van der Waals surface area contributed by atoms with Crippen molar-refractivity contribution in [3.63, 3.8) is 0 Å². The zero-order chi connectivity index (χ0) is 14.5. The van der Waals surface area contributed by atoms with Crippen molar-refractivity contribution in [2.45, 2.75) is 0 Å². The van der Waals surface area contributed by atoms with Gasteiger partial charge in [0.2, 0.25) is 5.78 Å². The van der Waals surface area contributed by atoms with Crippen molar-refractivity contribution < 1.29 is 14.7 Å². The fourth-order valence-electron chi connectivity index (χ4n) is 1.75. The predicted octanol–water partition coefficient (Wildman–Crippen LogP) is 2.29. The molecule has 0 amide bonds. The van der Waals surface area contributed by atoms with Crippen LogP contribution in [0.3, 0.4) is 0 Å². The molecule has 0 aliphatic carbocycles. The van der Waals surface area contributed by atoms with Gasteiger partial charge in [-0.25, -0.2) is 4.79 Å². The number of carboxylic acids is 1. The van der Waals surface area contributed by atoms with Crippen LogP contribution in [0.15, 0.2) is 60.4 Å². The maximum absolute atomic E-state index is 12.2. The normalized spacial score (nSPS) is 11.2. The summed E-state index contributed by atoms with van der Waals surface area (Å²) in [6.07, 6.45) is 2.91. The van der Waals surface area contributed by atoms with Gasteiger partial charge in [-0.3, -0.25) is 4.79 Å². The summed E-state index contributed by atoms with van der Waals surface area (Å²) in [6.45, 7) is 0. The van der Waals surface area contributed by atoms with Crippen molar-refractivity contribution in [3.8, 4) is 0 Å². The SMILES string of the molecule is Cn1cccc1C(=O)C(=CNc1ccccc1)C(=O)O. The molecular weight excluding hydrogens is 256 g/mol. The third kappa shape index (κ3) is 2.95. The van der Waals surface area contributed by atoms with E-state index in [2.05, 4.69) is 5.32 Å². The summed E-state index contributed by atoms with van der Waals surface area (Å²) in [7, 11) is 1.69. The van der Waals surface area contributed by atoms with Crippen molar-refractivity contribution in [1.82, 2.24) is 4.57 Å². The second-order valence-electron chi connectivity index (χ2n) is 4.21. The number of aliphatic carboxylic acids is 1. The average molecular weight is 270 g/mol. The number of aryl methyl sites for hydroxylation is 1. The maximum atomic E-state index is 12.2. The number of aromatic nitrogens is 1. The van der Waals surface area contributed by atoms with Crippen LogP contribution < -0.4 is 5.32 Å². The van der Waals surface area contributed by atoms with Crippen molar-refractivity contribution in [2.24, 2.45) is 7.05 Å². The van der Waals surface area contributed by atoms with Gasteiger partial charge in [0, 0.05) is 25.1 Å². The summed E-state index contributed by atoms with van der Waals surface area (Å²) in [6, 6.07) is 12.3. The van der Waals surface area contributed by atoms with Crippen LogP contribution in [0.1, 0.15) is 10.5 Å². The van der Waals surface area contributed by atoms with E-state index < -0.39 is 11.8 Å². The van der Waals surface area contributed by atoms with Gasteiger partial charge in [-0.15, -0.1) is 0 Å². The molecule has 102 valence electrons. The van der Waals surface area contributed by atoms with Gasteiger partial charge in [0.1, 0.15) is 5.57 Å². The first-order valence-electron chi connectivity index (χ1n) is 6.00. The quantitative estimate of drug-likeness (QED) is 0.378. The van der Waals surface area contributed by atoms with E-state index >= 15 is 0 Å². The molecule has 0 saturated carbocycles. The van der Waals surface area contributed by atoms with Crippen molar-refractivity contribution in [1.29, 1.82) is 0 Å². The number of Topliss-reactive ketones (excluding diaryl/α,β-unsaturated/α-hetero) is 1. The minimum absolute atomic E-state index is 0.310. The second-order valence-corrected chi connectivity index (χ2v) is 4.21. The van der Waals surface area contributed by atoms with Gasteiger partial charge in [-0.2, -0.15) is 0 Å². The lowest BCUT2D eigenvalue weighted by molar-refractivity contribution is -0.132. The third-order valence-electron chi connectivity index (χ3n) is 2.81. The summed E-state index contributed by atoms with van der Waals surface area (Å²) in [5.74, 6) is -1.80. The lowest BCUT2D eigenvalue weighted by Gasteiger charge is -2.05. The van der Waals surface area contributed by atoms with E-state index in [-0.39, 0.29) is 5.57 Å². The Kier molecular flexibility index (Phi) is 4.00. The molecule has 0 aliphatic rings. The largest absolute Gasteiger partial charge is 0.477 e. The van der Waals surface area contributed by atoms with E-state index in [0.29, 0.717) is 11.4 Å². The Morgan fingerprint density at radius 1 is 1.15 bits per heavy atom. The fourth-order valence-corrected chi connectivity index (χ4v) is 1.75. The van der Waals surface area contributed by atoms with Crippen LogP contribution >= 0.6 is 0 Å². The molecule has 0 spiro atoms. The van der Waals surface area contributed by atoms with Crippen molar-refractivity contribution >= 4 is 17.4 Å². The number of nitrogens with zero attached hydrogens (tertiary/aromatic N) is 1. The number of anilines is 1. The van der Waals surface area contributed by atoms with Gasteiger partial charge in [-0.1, -0.05) is 18.2 Å². The van der Waals surface area contributed by atoms with Gasteiger partial charge in [-0.05, 0) is 24.3 Å². The molecule has 1 aromatic carbocycles. The molecule has 0 fully saturated rings. The molecule has 20 heavy (non-hydrogen) atoms. The molecule has 2 N–H and O–H groups in total. The van der Waals surface area contributed by atoms with E-state index in [1.165, 1.54) is 6.20 Å². The Morgan fingerprint density at radius 2 is 1.85 bits per heavy atom. The molecule has 5 nitrogen and oxygen atoms in total. The first-order chi connectivity index (χ1) is 9.59. The van der Waals surface area contributed by atoms with Gasteiger partial charge >= 0.3 is 5.97 Å². The summed E-state index contributed by atoms with van der Waals surface area (Å²) < 4.78 is 1.58. The minimum atomic E-state index is -1.26. The van der Waals surface area contributed by atoms with E-state index in [9.17, 15) is 14.7 Å². The van der Waals surface area contributed by atoms with Crippen LogP contribution in [0.5, 0.6) is 0 Å². The second kappa shape index (κ2) is 5.88. The monoisotopic (exact) mass is 270 g/mol. The molecule has 1 heterocycles. The number of carbonyl (C=O) groups is 2. The number of nitrogens with one attached hydrogen (secondary N) is 1. The van der Waals surface area contributed by atoms with Crippen molar-refractivity contribution in [2.75, 3.05) is 5.32 Å². The average Bonchev–Trinajstić information content (AvgIpc) is 2.86. The number of rotatable bonds is 5. The van der Waals surface area contributed by atoms with Crippen LogP contribution in [-0.4, -0.2) is 21.4 Å². The molecule has 0 aliphatic heterocycles. The molecule has 0 saturated heterocycles. The molecule has 5 heteroatoms. The highest BCUT2D eigenvalue weighted by Crippen LogP contribution is 2.11. The Balaban J connectivity index is 2.26. The van der Waals surface area contributed by atoms with Crippen LogP contribution in [0.4, 0.5) is 5.69 Å². The molecule has 2 aromatic rings. The highest BCUT2D eigenvalue weighted by atomic mass is 16.4. The molecule has 0 atom stereocenters. The topological polar surface area (TPSA) is 71.3 Å². The van der Waals surface area contributed by atoms with E-state index in [1.807, 2.05) is 18.2 Å². The highest BCUT2D eigenvalue weighted by molar-refractivity contribution is 6.23. The highest BCUT2D eigenvalue weighted by Gasteiger charge is 2.20. The number of benzene rings is 1. The maximum Gasteiger partial charge on any atom is 0.341 e. The summed E-state index contributed by atoms with van der Waals surface area (Å²) >= 11 is 0. The van der Waals surface area contributed by atoms with E-state index in [1.54, 1.807) is 42.1 Å². The Hall–Kier alpha value is -2.82. The number of ketones is 1. The van der Waals surface area contributed by atoms with Gasteiger partial charge in [0.05, 0.1) is 5.69 Å². The zero-order valence-corrected chi connectivity index (χ0v) is 10.9. The molecule has 0 radical (unpaired) electrons. The number of carboxylic acid groups (broad SMARTS) is 1. The number of para-hydroxylation sites is 1. The molecule has 0 unspecified atom stereocenters. The first-order valence-corrected chi connectivity index (χ1v) is 6.00. The standard InChI is InChI=1S/C15H14N2O3/c1-17-9-5-8-13(17)14(18)12(15(19)20)10-16-11-6-3-2-4-7-11/h2-10,16H,1H3,(H,19,20). The number of hydrogen-bond acceptors (Lipinski definition) is 3.